The normalized spacial score (nSPS) is 11.8. The van der Waals surface area contributed by atoms with Crippen LogP contribution in [-0.4, -0.2) is 24.1 Å². The van der Waals surface area contributed by atoms with Crippen LogP contribution in [0.2, 0.25) is 0 Å². The smallest absolute Gasteiger partial charge is 0.388 e. The molecule has 0 radical (unpaired) electrons. The van der Waals surface area contributed by atoms with Crippen molar-refractivity contribution in [2.24, 2.45) is 10.2 Å². The van der Waals surface area contributed by atoms with Crippen LogP contribution in [0.3, 0.4) is 0 Å². The molecule has 0 amide bonds. The van der Waals surface area contributed by atoms with Gasteiger partial charge in [-0.05, 0) is 27.8 Å². The second-order valence-corrected chi connectivity index (χ2v) is 7.51. The number of phenolic OH excluding ortho intramolecular Hbond substituents is 1. The summed E-state index contributed by atoms with van der Waals surface area (Å²) >= 11 is 0. The Balaban J connectivity index is 2.28. The number of benzene rings is 3. The topological polar surface area (TPSA) is 238 Å². The van der Waals surface area contributed by atoms with Gasteiger partial charge in [-0.25, -0.2) is 0 Å². The lowest BCUT2D eigenvalue weighted by atomic mass is 10.1. The number of non-ortho nitro benzene ring substituents is 1. The van der Waals surface area contributed by atoms with Gasteiger partial charge in [0.25, 0.3) is 16.3 Å². The van der Waals surface area contributed by atoms with E-state index in [9.17, 15) is 43.8 Å². The van der Waals surface area contributed by atoms with Gasteiger partial charge in [0.2, 0.25) is 0 Å². The van der Waals surface area contributed by atoms with Crippen molar-refractivity contribution in [3.05, 3.63) is 56.6 Å². The Bertz CT molecular complexity index is 1340. The number of hydrogen-bond donors (Lipinski definition) is 4. The number of fused-ring (bicyclic) bond motifs is 1. The number of phenols is 1. The number of nitrogens with two attached hydrogens (primary N) is 1. The van der Waals surface area contributed by atoms with E-state index in [2.05, 4.69) is 10.2 Å². The fourth-order valence-electron chi connectivity index (χ4n) is 2.67. The predicted molar refractivity (Wildman–Crippen MR) is 105 cm³/mol. The molecular formula is C16H11N5O9S. The number of anilines is 1. The maximum atomic E-state index is 12.2. The molecular weight excluding hydrogens is 438 g/mol. The Morgan fingerprint density at radius 1 is 1.00 bits per heavy atom. The first kappa shape index (κ1) is 21.5. The summed E-state index contributed by atoms with van der Waals surface area (Å²) in [5.74, 6) is -2.04. The molecule has 0 spiro atoms. The molecule has 5 N–H and O–H groups in total. The fraction of sp³-hybridized carbons (Fsp3) is 0. The second kappa shape index (κ2) is 7.56. The summed E-state index contributed by atoms with van der Waals surface area (Å²) in [6.45, 7) is 0. The fourth-order valence-corrected chi connectivity index (χ4v) is 3.34. The van der Waals surface area contributed by atoms with Crippen LogP contribution in [0.5, 0.6) is 11.5 Å². The van der Waals surface area contributed by atoms with E-state index in [0.29, 0.717) is 12.1 Å². The second-order valence-electron chi connectivity index (χ2n) is 6.08. The number of nitrogens with zero attached hydrogens (tertiary/aromatic N) is 4. The Kier molecular flexibility index (Phi) is 5.24. The largest absolute Gasteiger partial charge is 0.866 e. The van der Waals surface area contributed by atoms with Crippen molar-refractivity contribution in [1.82, 2.24) is 0 Å². The minimum atomic E-state index is -4.72. The molecule has 0 saturated heterocycles. The molecule has 0 saturated carbocycles. The zero-order valence-corrected chi connectivity index (χ0v) is 15.8. The van der Waals surface area contributed by atoms with E-state index in [-0.39, 0.29) is 16.5 Å². The minimum absolute atomic E-state index is 0.0860. The molecule has 3 aromatic carbocycles. The quantitative estimate of drug-likeness (QED) is 0.146. The summed E-state index contributed by atoms with van der Waals surface area (Å²) in [5.41, 5.74) is 2.33. The van der Waals surface area contributed by atoms with E-state index in [0.717, 1.165) is 6.07 Å². The number of hydrogen-bond acceptors (Lipinski definition) is 10. The first-order valence-electron chi connectivity index (χ1n) is 8.00. The minimum Gasteiger partial charge on any atom is -0.866 e. The molecule has 0 aromatic heterocycles. The van der Waals surface area contributed by atoms with Crippen molar-refractivity contribution in [2.75, 3.05) is 5.73 Å². The lowest BCUT2D eigenvalue weighted by Gasteiger charge is -2.10. The number of aromatic hydroxyl groups is 1. The average molecular weight is 449 g/mol. The third-order valence-electron chi connectivity index (χ3n) is 4.06. The third kappa shape index (κ3) is 4.08. The lowest BCUT2D eigenvalue weighted by molar-refractivity contribution is -0.403. The molecule has 0 aliphatic carbocycles. The molecule has 3 aromatic rings. The van der Waals surface area contributed by atoms with Crippen LogP contribution in [-0.2, 0) is 14.7 Å². The molecule has 15 heteroatoms. The van der Waals surface area contributed by atoms with Gasteiger partial charge in [0.1, 0.15) is 0 Å². The summed E-state index contributed by atoms with van der Waals surface area (Å²) in [6.07, 6.45) is 0. The van der Waals surface area contributed by atoms with E-state index in [1.54, 1.807) is 0 Å². The molecule has 0 unspecified atom stereocenters. The summed E-state index contributed by atoms with van der Waals surface area (Å²) in [7, 11) is -4.72. The molecule has 0 fully saturated rings. The van der Waals surface area contributed by atoms with Crippen LogP contribution in [0, 0.1) is 20.2 Å². The van der Waals surface area contributed by atoms with Crippen LogP contribution >= 0.6 is 0 Å². The number of nitro benzene ring substituents is 2. The third-order valence-corrected chi connectivity index (χ3v) is 4.95. The monoisotopic (exact) mass is 449 g/mol. The van der Waals surface area contributed by atoms with Crippen molar-refractivity contribution < 1.29 is 33.4 Å². The van der Waals surface area contributed by atoms with Gasteiger partial charge in [0, 0.05) is 29.0 Å². The van der Waals surface area contributed by atoms with Gasteiger partial charge in [-0.1, -0.05) is 0 Å². The Morgan fingerprint density at radius 2 is 1.68 bits per heavy atom. The molecule has 14 nitrogen and oxygen atoms in total. The molecule has 0 aliphatic heterocycles. The van der Waals surface area contributed by atoms with Crippen molar-refractivity contribution in [1.29, 1.82) is 0 Å². The Morgan fingerprint density at radius 3 is 2.26 bits per heavy atom. The van der Waals surface area contributed by atoms with E-state index in [1.165, 1.54) is 18.2 Å². The molecule has 0 atom stereocenters. The van der Waals surface area contributed by atoms with Crippen molar-refractivity contribution >= 4 is 49.7 Å². The molecule has 0 aliphatic rings. The molecule has 0 bridgehead atoms. The number of rotatable bonds is 5. The molecule has 160 valence electrons. The van der Waals surface area contributed by atoms with Gasteiger partial charge < -0.3 is 15.9 Å². The zero-order valence-electron chi connectivity index (χ0n) is 15.0. The van der Waals surface area contributed by atoms with Gasteiger partial charge in [0.15, 0.2) is 11.4 Å². The summed E-state index contributed by atoms with van der Waals surface area (Å²) < 4.78 is 31.1. The number of nitro groups is 2. The number of nitrogen functional groups attached to an aromatic ring is 1. The lowest BCUT2D eigenvalue weighted by Crippen LogP contribution is -2.07. The van der Waals surface area contributed by atoms with Crippen LogP contribution in [0.4, 0.5) is 28.4 Å². The van der Waals surface area contributed by atoms with E-state index < -0.39 is 59.5 Å². The van der Waals surface area contributed by atoms with Crippen molar-refractivity contribution in [2.45, 2.75) is 4.90 Å². The standard InChI is InChI=1S/C16H11N5O9S/c17-8-1-2-10-7(3-8)4-13(31(28,29)30)14(15(10)22)19-18-11-5-9(20(24)25)6-12(16(11)23)21(26)27/h1-6H,(H5-,17,18,19,22,23,28,29,30). The summed E-state index contributed by atoms with van der Waals surface area (Å²) in [4.78, 5) is 19.0. The van der Waals surface area contributed by atoms with E-state index in [4.69, 9.17) is 5.73 Å². The van der Waals surface area contributed by atoms with E-state index >= 15 is 0 Å². The average Bonchev–Trinajstić information content (AvgIpc) is 2.66. The van der Waals surface area contributed by atoms with Gasteiger partial charge in [0.05, 0.1) is 21.6 Å². The van der Waals surface area contributed by atoms with Gasteiger partial charge in [-0.15, -0.1) is 5.11 Å². The summed E-state index contributed by atoms with van der Waals surface area (Å²) in [6, 6.07) is 6.12. The van der Waals surface area contributed by atoms with E-state index in [1.807, 2.05) is 0 Å². The van der Waals surface area contributed by atoms with Crippen molar-refractivity contribution in [3.8, 4) is 11.5 Å². The maximum absolute atomic E-state index is 12.2. The maximum Gasteiger partial charge on any atom is 0.388 e. The van der Waals surface area contributed by atoms with Crippen molar-refractivity contribution in [3.63, 3.8) is 0 Å². The summed E-state index contributed by atoms with van der Waals surface area (Å²) in [5, 5.41) is 51.7. The predicted octanol–water partition coefficient (Wildman–Crippen LogP) is 3.24. The molecule has 3 rings (SSSR count). The highest BCUT2D eigenvalue weighted by molar-refractivity contribution is 7.92. The van der Waals surface area contributed by atoms with Crippen LogP contribution in [0.1, 0.15) is 0 Å². The highest BCUT2D eigenvalue weighted by Gasteiger charge is 2.33. The Hall–Kier alpha value is -4.21. The van der Waals surface area contributed by atoms with Gasteiger partial charge in [-0.3, -0.25) is 20.2 Å². The Labute approximate surface area is 172 Å². The highest BCUT2D eigenvalue weighted by Crippen LogP contribution is 2.44. The van der Waals surface area contributed by atoms with Crippen LogP contribution < -0.4 is 10.8 Å². The van der Waals surface area contributed by atoms with Crippen LogP contribution in [0.25, 0.3) is 10.8 Å². The first-order chi connectivity index (χ1) is 14.4. The highest BCUT2D eigenvalue weighted by atomic mass is 32.3. The zero-order chi connectivity index (χ0) is 23.1. The first-order valence-corrected chi connectivity index (χ1v) is 9.47. The SMILES string of the molecule is Nc1ccc2c(O)c(N=Nc3cc([N+](=O)[O-])cc([N+](=O)[O-])c3[O-])c([S+](=O)(O)O)cc2c1. The number of azo groups is 1. The van der Waals surface area contributed by atoms with Gasteiger partial charge in [-0.2, -0.15) is 14.2 Å². The molecule has 0 heterocycles. The molecule has 31 heavy (non-hydrogen) atoms. The van der Waals surface area contributed by atoms with Crippen LogP contribution in [0.15, 0.2) is 51.5 Å². The van der Waals surface area contributed by atoms with Gasteiger partial charge >= 0.3 is 10.5 Å².